The molecule has 0 unspecified atom stereocenters. The quantitative estimate of drug-likeness (QED) is 0.616. The number of nitrogens with two attached hydrogens (primary N) is 1. The van der Waals surface area contributed by atoms with E-state index in [2.05, 4.69) is 11.3 Å². The molecule has 88 valence electrons. The van der Waals surface area contributed by atoms with Gasteiger partial charge < -0.3 is 5.73 Å². The monoisotopic (exact) mass is 240 g/mol. The summed E-state index contributed by atoms with van der Waals surface area (Å²) in [4.78, 5) is 0.123. The number of hydrogen-bond donors (Lipinski definition) is 2. The topological polar surface area (TPSA) is 72.2 Å². The van der Waals surface area contributed by atoms with Crippen LogP contribution in [0, 0.1) is 13.8 Å². The molecule has 0 aromatic heterocycles. The van der Waals surface area contributed by atoms with Gasteiger partial charge in [-0.3, -0.25) is 0 Å². The Morgan fingerprint density at radius 3 is 2.50 bits per heavy atom. The Balaban J connectivity index is 3.23. The summed E-state index contributed by atoms with van der Waals surface area (Å²) < 4.78 is 26.1. The molecule has 0 aliphatic heterocycles. The molecule has 1 aromatic rings. The molecule has 0 aliphatic rings. The maximum absolute atomic E-state index is 11.8. The summed E-state index contributed by atoms with van der Waals surface area (Å²) in [6, 6.07) is 3.24. The summed E-state index contributed by atoms with van der Waals surface area (Å²) in [5.41, 5.74) is 7.84. The molecular formula is C11H16N2O2S. The van der Waals surface area contributed by atoms with E-state index in [0.29, 0.717) is 0 Å². The fourth-order valence-corrected chi connectivity index (χ4v) is 2.49. The first-order valence-corrected chi connectivity index (χ1v) is 6.34. The van der Waals surface area contributed by atoms with Crippen molar-refractivity contribution in [3.63, 3.8) is 0 Å². The molecule has 3 N–H and O–H groups in total. The summed E-state index contributed by atoms with van der Waals surface area (Å²) in [6.07, 6.45) is 1.48. The van der Waals surface area contributed by atoms with E-state index in [-0.39, 0.29) is 17.1 Å². The lowest BCUT2D eigenvalue weighted by Gasteiger charge is -2.10. The van der Waals surface area contributed by atoms with Gasteiger partial charge in [-0.2, -0.15) is 0 Å². The fourth-order valence-electron chi connectivity index (χ4n) is 1.29. The zero-order valence-corrected chi connectivity index (χ0v) is 10.3. The molecule has 4 nitrogen and oxygen atoms in total. The van der Waals surface area contributed by atoms with Crippen molar-refractivity contribution in [1.82, 2.24) is 4.72 Å². The molecule has 16 heavy (non-hydrogen) atoms. The number of nitrogen functional groups attached to an aromatic ring is 1. The molecular weight excluding hydrogens is 224 g/mol. The van der Waals surface area contributed by atoms with Crippen LogP contribution in [0.4, 0.5) is 5.69 Å². The van der Waals surface area contributed by atoms with Gasteiger partial charge in [-0.25, -0.2) is 13.1 Å². The molecule has 5 heteroatoms. The van der Waals surface area contributed by atoms with Crippen LogP contribution in [0.15, 0.2) is 29.7 Å². The third kappa shape index (κ3) is 2.62. The van der Waals surface area contributed by atoms with Gasteiger partial charge >= 0.3 is 0 Å². The first-order valence-electron chi connectivity index (χ1n) is 4.86. The number of rotatable bonds is 4. The lowest BCUT2D eigenvalue weighted by molar-refractivity contribution is 0.586. The van der Waals surface area contributed by atoms with Crippen LogP contribution < -0.4 is 10.5 Å². The fraction of sp³-hybridized carbons (Fsp3) is 0.273. The van der Waals surface area contributed by atoms with Crippen molar-refractivity contribution in [2.24, 2.45) is 0 Å². The molecule has 0 spiro atoms. The lowest BCUT2D eigenvalue weighted by atomic mass is 10.1. The van der Waals surface area contributed by atoms with Gasteiger partial charge in [0.2, 0.25) is 10.0 Å². The van der Waals surface area contributed by atoms with Crippen molar-refractivity contribution in [2.75, 3.05) is 12.3 Å². The third-order valence-corrected chi connectivity index (χ3v) is 3.81. The number of sulfonamides is 1. The SMILES string of the molecule is C=CCNS(=O)(=O)c1cc(C)c(C)cc1N. The van der Waals surface area contributed by atoms with Crippen LogP contribution in [0.5, 0.6) is 0 Å². The molecule has 0 saturated carbocycles. The van der Waals surface area contributed by atoms with Gasteiger partial charge in [0.25, 0.3) is 0 Å². The molecule has 0 aliphatic carbocycles. The van der Waals surface area contributed by atoms with E-state index in [0.717, 1.165) is 11.1 Å². The van der Waals surface area contributed by atoms with Crippen LogP contribution in [0.25, 0.3) is 0 Å². The number of hydrogen-bond acceptors (Lipinski definition) is 3. The van der Waals surface area contributed by atoms with E-state index >= 15 is 0 Å². The highest BCUT2D eigenvalue weighted by Crippen LogP contribution is 2.22. The van der Waals surface area contributed by atoms with Gasteiger partial charge in [0.15, 0.2) is 0 Å². The molecule has 0 heterocycles. The van der Waals surface area contributed by atoms with Gasteiger partial charge in [-0.1, -0.05) is 6.08 Å². The lowest BCUT2D eigenvalue weighted by Crippen LogP contribution is -2.24. The van der Waals surface area contributed by atoms with Crippen molar-refractivity contribution in [3.8, 4) is 0 Å². The van der Waals surface area contributed by atoms with Crippen molar-refractivity contribution in [3.05, 3.63) is 35.9 Å². The standard InChI is InChI=1S/C11H16N2O2S/c1-4-5-13-16(14,15)11-7-9(3)8(2)6-10(11)12/h4,6-7,13H,1,5,12H2,2-3H3. The van der Waals surface area contributed by atoms with Gasteiger partial charge in [0.1, 0.15) is 4.90 Å². The van der Waals surface area contributed by atoms with Crippen LogP contribution in [0.3, 0.4) is 0 Å². The van der Waals surface area contributed by atoms with Crippen LogP contribution in [0.1, 0.15) is 11.1 Å². The smallest absolute Gasteiger partial charge is 0.242 e. The number of benzene rings is 1. The Labute approximate surface area is 96.2 Å². The Morgan fingerprint density at radius 2 is 1.94 bits per heavy atom. The molecule has 0 saturated heterocycles. The van der Waals surface area contributed by atoms with Crippen molar-refractivity contribution >= 4 is 15.7 Å². The highest BCUT2D eigenvalue weighted by Gasteiger charge is 2.17. The second kappa shape index (κ2) is 4.67. The highest BCUT2D eigenvalue weighted by atomic mass is 32.2. The maximum atomic E-state index is 11.8. The Hall–Kier alpha value is -1.33. The Bertz CT molecular complexity index is 507. The first kappa shape index (κ1) is 12.7. The van der Waals surface area contributed by atoms with Crippen LogP contribution in [-0.2, 0) is 10.0 Å². The van der Waals surface area contributed by atoms with E-state index in [4.69, 9.17) is 5.73 Å². The van der Waals surface area contributed by atoms with Gasteiger partial charge in [-0.05, 0) is 37.1 Å². The Morgan fingerprint density at radius 1 is 1.38 bits per heavy atom. The van der Waals surface area contributed by atoms with Crippen molar-refractivity contribution in [1.29, 1.82) is 0 Å². The number of nitrogens with one attached hydrogen (secondary N) is 1. The van der Waals surface area contributed by atoms with E-state index in [1.54, 1.807) is 12.1 Å². The Kier molecular flexibility index (Phi) is 3.72. The van der Waals surface area contributed by atoms with E-state index in [1.165, 1.54) is 6.08 Å². The van der Waals surface area contributed by atoms with E-state index < -0.39 is 10.0 Å². The second-order valence-corrected chi connectivity index (χ2v) is 5.35. The summed E-state index contributed by atoms with van der Waals surface area (Å²) in [5, 5.41) is 0. The molecule has 0 amide bonds. The molecule has 1 rings (SSSR count). The van der Waals surface area contributed by atoms with Gasteiger partial charge in [0, 0.05) is 6.54 Å². The minimum atomic E-state index is -3.54. The largest absolute Gasteiger partial charge is 0.398 e. The van der Waals surface area contributed by atoms with Crippen LogP contribution in [-0.4, -0.2) is 15.0 Å². The minimum absolute atomic E-state index is 0.123. The molecule has 0 fully saturated rings. The van der Waals surface area contributed by atoms with E-state index in [9.17, 15) is 8.42 Å². The predicted octanol–water partition coefficient (Wildman–Crippen LogP) is 1.35. The zero-order chi connectivity index (χ0) is 12.3. The van der Waals surface area contributed by atoms with Gasteiger partial charge in [-0.15, -0.1) is 6.58 Å². The molecule has 0 radical (unpaired) electrons. The average Bonchev–Trinajstić information content (AvgIpc) is 2.20. The second-order valence-electron chi connectivity index (χ2n) is 3.61. The summed E-state index contributed by atoms with van der Waals surface area (Å²) in [6.45, 7) is 7.38. The maximum Gasteiger partial charge on any atom is 0.242 e. The average molecular weight is 240 g/mol. The molecule has 0 atom stereocenters. The van der Waals surface area contributed by atoms with Crippen LogP contribution >= 0.6 is 0 Å². The normalized spacial score (nSPS) is 11.4. The predicted molar refractivity (Wildman–Crippen MR) is 65.7 cm³/mol. The number of anilines is 1. The third-order valence-electron chi connectivity index (χ3n) is 2.33. The summed E-state index contributed by atoms with van der Waals surface area (Å²) >= 11 is 0. The minimum Gasteiger partial charge on any atom is -0.398 e. The molecule has 0 bridgehead atoms. The van der Waals surface area contributed by atoms with Crippen molar-refractivity contribution in [2.45, 2.75) is 18.7 Å². The zero-order valence-electron chi connectivity index (χ0n) is 9.45. The van der Waals surface area contributed by atoms with Crippen LogP contribution in [0.2, 0.25) is 0 Å². The van der Waals surface area contributed by atoms with E-state index in [1.807, 2.05) is 13.8 Å². The van der Waals surface area contributed by atoms with Crippen molar-refractivity contribution < 1.29 is 8.42 Å². The summed E-state index contributed by atoms with van der Waals surface area (Å²) in [5.74, 6) is 0. The molecule has 1 aromatic carbocycles. The van der Waals surface area contributed by atoms with Gasteiger partial charge in [0.05, 0.1) is 5.69 Å². The summed E-state index contributed by atoms with van der Waals surface area (Å²) in [7, 11) is -3.54. The first-order chi connectivity index (χ1) is 7.38. The number of aryl methyl sites for hydroxylation is 2. The highest BCUT2D eigenvalue weighted by molar-refractivity contribution is 7.89.